The first-order valence-corrected chi connectivity index (χ1v) is 12.9. The van der Waals surface area contributed by atoms with E-state index in [2.05, 4.69) is 27.7 Å². The van der Waals surface area contributed by atoms with E-state index in [9.17, 15) is 0 Å². The number of unbranched alkanes of at least 4 members (excludes halogenated alkanes) is 4. The van der Waals surface area contributed by atoms with Crippen molar-refractivity contribution in [2.75, 3.05) is 26.2 Å². The van der Waals surface area contributed by atoms with Gasteiger partial charge in [0.05, 0.1) is 0 Å². The summed E-state index contributed by atoms with van der Waals surface area (Å²) in [5, 5.41) is 0. The van der Waals surface area contributed by atoms with Gasteiger partial charge in [0, 0.05) is 0 Å². The fraction of sp³-hybridized carbons (Fsp3) is 1.00. The number of nitrogens with two attached hydrogens (primary N) is 4. The lowest BCUT2D eigenvalue weighted by atomic mass is 10.3. The van der Waals surface area contributed by atoms with Crippen molar-refractivity contribution in [2.24, 2.45) is 22.9 Å². The minimum absolute atomic E-state index is 0.844. The predicted molar refractivity (Wildman–Crippen MR) is 124 cm³/mol. The van der Waals surface area contributed by atoms with Crippen LogP contribution in [0.15, 0.2) is 0 Å². The second-order valence-electron chi connectivity index (χ2n) is 5.53. The zero-order valence-electron chi connectivity index (χ0n) is 19.1. The molecular formula is C16H49N4O8PS. The summed E-state index contributed by atoms with van der Waals surface area (Å²) < 4.78 is 40.5. The SMILES string of the molecule is CCCCN.CCCCN.CCCCN.CCCCN.O=P(O)(O)O.O=S(=O)(O)O. The molecule has 0 aromatic heterocycles. The van der Waals surface area contributed by atoms with Gasteiger partial charge in [-0.15, -0.1) is 0 Å². The van der Waals surface area contributed by atoms with Gasteiger partial charge in [0.15, 0.2) is 0 Å². The maximum Gasteiger partial charge on any atom is 0.466 e. The number of hydrogen-bond acceptors (Lipinski definition) is 7. The minimum Gasteiger partial charge on any atom is -0.330 e. The van der Waals surface area contributed by atoms with Crippen molar-refractivity contribution in [1.82, 2.24) is 0 Å². The molecule has 0 saturated heterocycles. The van der Waals surface area contributed by atoms with Crippen LogP contribution in [0.4, 0.5) is 0 Å². The average Bonchev–Trinajstić information content (AvgIpc) is 2.56. The van der Waals surface area contributed by atoms with Crippen molar-refractivity contribution in [2.45, 2.75) is 79.1 Å². The topological polar surface area (TPSA) is 256 Å². The van der Waals surface area contributed by atoms with Gasteiger partial charge in [-0.05, 0) is 51.9 Å². The van der Waals surface area contributed by atoms with Crippen LogP contribution >= 0.6 is 7.82 Å². The van der Waals surface area contributed by atoms with Crippen molar-refractivity contribution >= 4 is 18.2 Å². The van der Waals surface area contributed by atoms with Crippen LogP contribution in [0.5, 0.6) is 0 Å². The molecule has 0 spiro atoms. The van der Waals surface area contributed by atoms with E-state index in [0.717, 1.165) is 26.2 Å². The van der Waals surface area contributed by atoms with Crippen LogP contribution in [0, 0.1) is 0 Å². The summed E-state index contributed by atoms with van der Waals surface area (Å²) in [5.41, 5.74) is 20.6. The number of phosphoric acid groups is 1. The van der Waals surface area contributed by atoms with Crippen molar-refractivity contribution in [1.29, 1.82) is 0 Å². The molecular weight excluding hydrogens is 439 g/mol. The highest BCUT2D eigenvalue weighted by Crippen LogP contribution is 2.25. The Morgan fingerprint density at radius 1 is 0.600 bits per heavy atom. The zero-order chi connectivity index (χ0) is 25.5. The molecule has 0 rings (SSSR count). The molecule has 0 aliphatic heterocycles. The molecule has 192 valence electrons. The van der Waals surface area contributed by atoms with E-state index in [-0.39, 0.29) is 0 Å². The van der Waals surface area contributed by atoms with E-state index in [1.807, 2.05) is 0 Å². The Hall–Kier alpha value is -0.180. The first-order chi connectivity index (χ1) is 13.7. The molecule has 0 aromatic carbocycles. The van der Waals surface area contributed by atoms with Gasteiger partial charge >= 0.3 is 18.2 Å². The van der Waals surface area contributed by atoms with Crippen LogP contribution in [-0.2, 0) is 15.0 Å². The third-order valence-corrected chi connectivity index (χ3v) is 2.23. The van der Waals surface area contributed by atoms with Crippen molar-refractivity contribution in [3.8, 4) is 0 Å². The van der Waals surface area contributed by atoms with Gasteiger partial charge < -0.3 is 37.6 Å². The summed E-state index contributed by atoms with van der Waals surface area (Å²) in [6, 6.07) is 0. The van der Waals surface area contributed by atoms with Crippen LogP contribution in [0.3, 0.4) is 0 Å². The summed E-state index contributed by atoms with van der Waals surface area (Å²) in [4.78, 5) is 21.6. The monoisotopic (exact) mass is 488 g/mol. The third-order valence-electron chi connectivity index (χ3n) is 2.23. The Kier molecular flexibility index (Phi) is 57.2. The lowest BCUT2D eigenvalue weighted by molar-refractivity contribution is 0.275. The first kappa shape index (κ1) is 43.7. The van der Waals surface area contributed by atoms with Gasteiger partial charge in [-0.25, -0.2) is 4.57 Å². The molecule has 13 N–H and O–H groups in total. The summed E-state index contributed by atoms with van der Waals surface area (Å²) >= 11 is 0. The van der Waals surface area contributed by atoms with E-state index < -0.39 is 18.2 Å². The van der Waals surface area contributed by atoms with Gasteiger partial charge in [0.1, 0.15) is 0 Å². The molecule has 0 heterocycles. The van der Waals surface area contributed by atoms with E-state index in [1.165, 1.54) is 51.4 Å². The maximum absolute atomic E-state index is 8.88. The second-order valence-corrected chi connectivity index (χ2v) is 7.45. The molecule has 30 heavy (non-hydrogen) atoms. The third kappa shape index (κ3) is 327. The Balaban J connectivity index is -0.0000000576. The summed E-state index contributed by atoms with van der Waals surface area (Å²) in [6.07, 6.45) is 9.54. The Morgan fingerprint density at radius 3 is 0.700 bits per heavy atom. The first-order valence-electron chi connectivity index (χ1n) is 9.94. The van der Waals surface area contributed by atoms with Crippen LogP contribution < -0.4 is 22.9 Å². The fourth-order valence-electron chi connectivity index (χ4n) is 0.816. The van der Waals surface area contributed by atoms with Crippen molar-refractivity contribution in [3.05, 3.63) is 0 Å². The molecule has 0 aromatic rings. The summed E-state index contributed by atoms with van der Waals surface area (Å²) in [7, 11) is -9.31. The van der Waals surface area contributed by atoms with Crippen molar-refractivity contribution in [3.63, 3.8) is 0 Å². The number of rotatable bonds is 8. The van der Waals surface area contributed by atoms with Crippen LogP contribution in [0.2, 0.25) is 0 Å². The Labute approximate surface area is 183 Å². The van der Waals surface area contributed by atoms with Gasteiger partial charge in [-0.3, -0.25) is 9.11 Å². The zero-order valence-corrected chi connectivity index (χ0v) is 20.8. The van der Waals surface area contributed by atoms with E-state index >= 15 is 0 Å². The van der Waals surface area contributed by atoms with Gasteiger partial charge in [0.25, 0.3) is 0 Å². The molecule has 0 saturated carbocycles. The molecule has 0 bridgehead atoms. The largest absolute Gasteiger partial charge is 0.466 e. The van der Waals surface area contributed by atoms with Crippen LogP contribution in [0.25, 0.3) is 0 Å². The summed E-state index contributed by atoms with van der Waals surface area (Å²) in [5.74, 6) is 0. The minimum atomic E-state index is -4.67. The molecule has 0 aliphatic rings. The number of hydrogen-bond donors (Lipinski definition) is 9. The highest BCUT2D eigenvalue weighted by Gasteiger charge is 2.00. The van der Waals surface area contributed by atoms with Crippen molar-refractivity contribution < 1.29 is 36.8 Å². The van der Waals surface area contributed by atoms with Gasteiger partial charge in [0.2, 0.25) is 0 Å². The smallest absolute Gasteiger partial charge is 0.330 e. The molecule has 0 atom stereocenters. The quantitative estimate of drug-likeness (QED) is 0.173. The van der Waals surface area contributed by atoms with Gasteiger partial charge in [-0.2, -0.15) is 8.42 Å². The maximum atomic E-state index is 8.88. The van der Waals surface area contributed by atoms with Gasteiger partial charge in [-0.1, -0.05) is 53.4 Å². The Morgan fingerprint density at radius 2 is 0.700 bits per heavy atom. The molecule has 14 heteroatoms. The highest BCUT2D eigenvalue weighted by atomic mass is 32.3. The fourth-order valence-corrected chi connectivity index (χ4v) is 0.816. The van der Waals surface area contributed by atoms with E-state index in [4.69, 9.17) is 59.7 Å². The van der Waals surface area contributed by atoms with Crippen LogP contribution in [-0.4, -0.2) is 58.4 Å². The Bertz CT molecular complexity index is 350. The molecule has 0 fully saturated rings. The summed E-state index contributed by atoms with van der Waals surface area (Å²) in [6.45, 7) is 11.9. The average molecular weight is 489 g/mol. The highest BCUT2D eigenvalue weighted by molar-refractivity contribution is 7.79. The standard InChI is InChI=1S/4C4H11N.H3O4P.H2O4S/c4*1-2-3-4-5;2*1-5(2,3)4/h4*2-5H2,1H3;(H3,1,2,3,4);(H2,1,2,3,4). The molecule has 0 amide bonds. The lowest BCUT2D eigenvalue weighted by Gasteiger charge is -1.82. The molecule has 12 nitrogen and oxygen atoms in total. The van der Waals surface area contributed by atoms with Crippen LogP contribution in [0.1, 0.15) is 79.1 Å². The second kappa shape index (κ2) is 39.3. The molecule has 0 aliphatic carbocycles. The van der Waals surface area contributed by atoms with E-state index in [0.29, 0.717) is 0 Å². The molecule has 0 unspecified atom stereocenters. The molecule has 0 radical (unpaired) electrons. The normalized spacial score (nSPS) is 9.50. The predicted octanol–water partition coefficient (Wildman–Crippen LogP) is 1.40. The lowest BCUT2D eigenvalue weighted by Crippen LogP contribution is -1.95. The van der Waals surface area contributed by atoms with E-state index in [1.54, 1.807) is 0 Å².